The Morgan fingerprint density at radius 3 is 2.65 bits per heavy atom. The molecule has 0 aliphatic heterocycles. The molecule has 1 aromatic heterocycles. The number of nitrogens with one attached hydrogen (secondary N) is 1. The number of hydrogen-bond acceptors (Lipinski definition) is 4. The molecule has 1 unspecified atom stereocenters. The van der Waals surface area contributed by atoms with Crippen LogP contribution in [0.2, 0.25) is 8.67 Å². The number of aliphatic hydroxyl groups is 1. The minimum atomic E-state index is -0.184. The van der Waals surface area contributed by atoms with Gasteiger partial charge in [-0.25, -0.2) is 0 Å². The molecule has 0 saturated heterocycles. The van der Waals surface area contributed by atoms with E-state index in [-0.39, 0.29) is 37.2 Å². The number of amides is 1. The summed E-state index contributed by atoms with van der Waals surface area (Å²) in [5.74, 6) is -0.363. The summed E-state index contributed by atoms with van der Waals surface area (Å²) in [6, 6.07) is 1.52. The van der Waals surface area contributed by atoms with Crippen molar-refractivity contribution < 1.29 is 14.7 Å². The predicted octanol–water partition coefficient (Wildman–Crippen LogP) is 3.30. The van der Waals surface area contributed by atoms with Crippen molar-refractivity contribution in [2.45, 2.75) is 38.6 Å². The van der Waals surface area contributed by atoms with Crippen LogP contribution in [0.5, 0.6) is 0 Å². The molecule has 4 nitrogen and oxygen atoms in total. The second-order valence-corrected chi connectivity index (χ2v) is 6.78. The quantitative estimate of drug-likeness (QED) is 0.715. The van der Waals surface area contributed by atoms with E-state index in [1.54, 1.807) is 0 Å². The van der Waals surface area contributed by atoms with Gasteiger partial charge in [0.1, 0.15) is 4.34 Å². The van der Waals surface area contributed by atoms with E-state index < -0.39 is 0 Å². The molecule has 0 fully saturated rings. The molecular weight excluding hydrogens is 321 g/mol. The number of hydrogen-bond donors (Lipinski definition) is 2. The molecular formula is C13H17Cl2NO3S. The molecule has 112 valence electrons. The predicted molar refractivity (Wildman–Crippen MR) is 81.8 cm³/mol. The van der Waals surface area contributed by atoms with Gasteiger partial charge in [0, 0.05) is 31.1 Å². The molecule has 1 rings (SSSR count). The molecule has 0 aliphatic carbocycles. The standard InChI is InChI=1S/C13H17Cl2NO3S/c1-8(3-2-6-17)16-12(19)5-4-10(18)9-7-11(14)20-13(9)15/h7-8,17H,2-6H2,1H3,(H,16,19). The van der Waals surface area contributed by atoms with Crippen molar-refractivity contribution in [1.82, 2.24) is 5.32 Å². The van der Waals surface area contributed by atoms with Crippen molar-refractivity contribution in [3.63, 3.8) is 0 Å². The summed E-state index contributed by atoms with van der Waals surface area (Å²) in [6.07, 6.45) is 1.57. The molecule has 2 N–H and O–H groups in total. The van der Waals surface area contributed by atoms with Gasteiger partial charge in [-0.15, -0.1) is 11.3 Å². The van der Waals surface area contributed by atoms with Crippen LogP contribution < -0.4 is 5.32 Å². The maximum atomic E-state index is 11.9. The van der Waals surface area contributed by atoms with E-state index >= 15 is 0 Å². The van der Waals surface area contributed by atoms with E-state index in [4.69, 9.17) is 28.3 Å². The number of carbonyl (C=O) groups excluding carboxylic acids is 2. The van der Waals surface area contributed by atoms with Crippen LogP contribution in [0.1, 0.15) is 43.0 Å². The highest BCUT2D eigenvalue weighted by Crippen LogP contribution is 2.32. The van der Waals surface area contributed by atoms with Crippen LogP contribution in [0, 0.1) is 0 Å². The van der Waals surface area contributed by atoms with Gasteiger partial charge in [0.05, 0.1) is 4.34 Å². The molecule has 0 radical (unpaired) electrons. The number of ketones is 1. The van der Waals surface area contributed by atoms with Crippen molar-refractivity contribution in [2.75, 3.05) is 6.61 Å². The first-order chi connectivity index (χ1) is 9.43. The molecule has 1 aromatic rings. The first-order valence-corrected chi connectivity index (χ1v) is 7.89. The fraction of sp³-hybridized carbons (Fsp3) is 0.538. The Kier molecular flexibility index (Phi) is 7.51. The third-order valence-corrected chi connectivity index (χ3v) is 4.23. The maximum Gasteiger partial charge on any atom is 0.220 e. The fourth-order valence-electron chi connectivity index (χ4n) is 1.71. The van der Waals surface area contributed by atoms with Crippen LogP contribution in [0.25, 0.3) is 0 Å². The third kappa shape index (κ3) is 5.79. The first kappa shape index (κ1) is 17.4. The highest BCUT2D eigenvalue weighted by Gasteiger charge is 2.16. The summed E-state index contributed by atoms with van der Waals surface area (Å²) >= 11 is 12.8. The zero-order chi connectivity index (χ0) is 15.1. The lowest BCUT2D eigenvalue weighted by Gasteiger charge is -2.12. The normalized spacial score (nSPS) is 12.2. The molecule has 1 amide bonds. The Morgan fingerprint density at radius 1 is 1.40 bits per heavy atom. The molecule has 0 aliphatic rings. The lowest BCUT2D eigenvalue weighted by atomic mass is 10.1. The number of aliphatic hydroxyl groups excluding tert-OH is 1. The molecule has 7 heteroatoms. The van der Waals surface area contributed by atoms with Crippen molar-refractivity contribution >= 4 is 46.2 Å². The van der Waals surface area contributed by atoms with Crippen molar-refractivity contribution in [1.29, 1.82) is 0 Å². The topological polar surface area (TPSA) is 66.4 Å². The summed E-state index contributed by atoms with van der Waals surface area (Å²) in [5, 5.41) is 11.5. The van der Waals surface area contributed by atoms with E-state index in [9.17, 15) is 9.59 Å². The third-order valence-electron chi connectivity index (χ3n) is 2.74. The molecule has 0 aromatic carbocycles. The number of halogens is 2. The average Bonchev–Trinajstić information content (AvgIpc) is 2.72. The Balaban J connectivity index is 2.37. The smallest absolute Gasteiger partial charge is 0.220 e. The molecule has 0 bridgehead atoms. The van der Waals surface area contributed by atoms with E-state index in [1.165, 1.54) is 6.07 Å². The van der Waals surface area contributed by atoms with E-state index in [2.05, 4.69) is 5.32 Å². The first-order valence-electron chi connectivity index (χ1n) is 6.32. The largest absolute Gasteiger partial charge is 0.396 e. The second kappa shape index (κ2) is 8.62. The van der Waals surface area contributed by atoms with Crippen LogP contribution in [0.15, 0.2) is 6.07 Å². The van der Waals surface area contributed by atoms with E-state index in [0.717, 1.165) is 11.3 Å². The van der Waals surface area contributed by atoms with Gasteiger partial charge in [0.15, 0.2) is 5.78 Å². The Labute approximate surface area is 132 Å². The summed E-state index contributed by atoms with van der Waals surface area (Å²) in [7, 11) is 0. The van der Waals surface area contributed by atoms with Gasteiger partial charge in [-0.1, -0.05) is 23.2 Å². The Hall–Kier alpha value is -0.620. The lowest BCUT2D eigenvalue weighted by Crippen LogP contribution is -2.32. The van der Waals surface area contributed by atoms with Crippen LogP contribution >= 0.6 is 34.5 Å². The van der Waals surface area contributed by atoms with E-state index in [0.29, 0.717) is 27.1 Å². The summed E-state index contributed by atoms with van der Waals surface area (Å²) in [5.41, 5.74) is 0.378. The van der Waals surface area contributed by atoms with Gasteiger partial charge in [-0.3, -0.25) is 9.59 Å². The van der Waals surface area contributed by atoms with Crippen molar-refractivity contribution in [3.8, 4) is 0 Å². The number of thiophene rings is 1. The summed E-state index contributed by atoms with van der Waals surface area (Å²) < 4.78 is 0.817. The minimum absolute atomic E-state index is 0.0102. The molecule has 1 heterocycles. The zero-order valence-electron chi connectivity index (χ0n) is 11.1. The van der Waals surface area contributed by atoms with E-state index in [1.807, 2.05) is 6.92 Å². The number of carbonyl (C=O) groups is 2. The highest BCUT2D eigenvalue weighted by molar-refractivity contribution is 7.20. The maximum absolute atomic E-state index is 11.9. The Bertz CT molecular complexity index is 476. The Morgan fingerprint density at radius 2 is 2.10 bits per heavy atom. The summed E-state index contributed by atoms with van der Waals surface area (Å²) in [4.78, 5) is 23.6. The van der Waals surface area contributed by atoms with Gasteiger partial charge < -0.3 is 10.4 Å². The number of rotatable bonds is 8. The highest BCUT2D eigenvalue weighted by atomic mass is 35.5. The summed E-state index contributed by atoms with van der Waals surface area (Å²) in [6.45, 7) is 1.97. The minimum Gasteiger partial charge on any atom is -0.396 e. The fourth-order valence-corrected chi connectivity index (χ4v) is 3.21. The number of Topliss-reactive ketones (excluding diaryl/α,β-unsaturated/α-hetero) is 1. The van der Waals surface area contributed by atoms with Crippen molar-refractivity contribution in [3.05, 3.63) is 20.3 Å². The van der Waals surface area contributed by atoms with Gasteiger partial charge in [-0.05, 0) is 25.8 Å². The average molecular weight is 338 g/mol. The second-order valence-electron chi connectivity index (χ2n) is 4.50. The van der Waals surface area contributed by atoms with Gasteiger partial charge in [0.2, 0.25) is 5.91 Å². The lowest BCUT2D eigenvalue weighted by molar-refractivity contribution is -0.121. The SMILES string of the molecule is CC(CCCO)NC(=O)CCC(=O)c1cc(Cl)sc1Cl. The van der Waals surface area contributed by atoms with Gasteiger partial charge >= 0.3 is 0 Å². The van der Waals surface area contributed by atoms with Crippen LogP contribution in [0.4, 0.5) is 0 Å². The van der Waals surface area contributed by atoms with Crippen LogP contribution in [-0.4, -0.2) is 29.4 Å². The molecule has 20 heavy (non-hydrogen) atoms. The monoisotopic (exact) mass is 337 g/mol. The van der Waals surface area contributed by atoms with Gasteiger partial charge in [-0.2, -0.15) is 0 Å². The zero-order valence-corrected chi connectivity index (χ0v) is 13.4. The van der Waals surface area contributed by atoms with Gasteiger partial charge in [0.25, 0.3) is 0 Å². The molecule has 1 atom stereocenters. The van der Waals surface area contributed by atoms with Crippen molar-refractivity contribution in [2.24, 2.45) is 0 Å². The van der Waals surface area contributed by atoms with Crippen LogP contribution in [-0.2, 0) is 4.79 Å². The van der Waals surface area contributed by atoms with Crippen LogP contribution in [0.3, 0.4) is 0 Å². The molecule has 0 spiro atoms. The molecule has 0 saturated carbocycles.